The molecule has 29 heavy (non-hydrogen) atoms. The molecule has 0 aliphatic heterocycles. The van der Waals surface area contributed by atoms with Gasteiger partial charge in [-0.25, -0.2) is 0 Å². The summed E-state index contributed by atoms with van der Waals surface area (Å²) in [5, 5.41) is 3.22. The van der Waals surface area contributed by atoms with Gasteiger partial charge in [-0.1, -0.05) is 29.8 Å². The fourth-order valence-electron chi connectivity index (χ4n) is 3.30. The van der Waals surface area contributed by atoms with Crippen molar-refractivity contribution in [1.29, 1.82) is 0 Å². The van der Waals surface area contributed by atoms with Crippen LogP contribution in [-0.2, 0) is 17.5 Å². The van der Waals surface area contributed by atoms with E-state index >= 15 is 0 Å². The van der Waals surface area contributed by atoms with Crippen LogP contribution in [0.4, 0.5) is 18.9 Å². The van der Waals surface area contributed by atoms with E-state index < -0.39 is 23.3 Å². The number of nitrogens with zero attached hydrogens (tertiary/aromatic N) is 1. The Morgan fingerprint density at radius 1 is 1.10 bits per heavy atom. The number of nitrogens with one attached hydrogen (secondary N) is 1. The molecule has 0 fully saturated rings. The van der Waals surface area contributed by atoms with Gasteiger partial charge < -0.3 is 9.88 Å². The number of halogens is 4. The average Bonchev–Trinajstić information content (AvgIpc) is 2.61. The number of para-hydroxylation sites is 1. The third kappa shape index (κ3) is 4.45. The van der Waals surface area contributed by atoms with Gasteiger partial charge in [-0.15, -0.1) is 0 Å². The maximum Gasteiger partial charge on any atom is 0.418 e. The van der Waals surface area contributed by atoms with Gasteiger partial charge in [0.2, 0.25) is 5.91 Å². The minimum Gasteiger partial charge on any atom is -0.325 e. The van der Waals surface area contributed by atoms with Crippen LogP contribution >= 0.6 is 11.6 Å². The van der Waals surface area contributed by atoms with Crippen molar-refractivity contribution in [3.8, 4) is 0 Å². The van der Waals surface area contributed by atoms with E-state index in [4.69, 9.17) is 11.6 Å². The second-order valence-electron chi connectivity index (χ2n) is 6.77. The van der Waals surface area contributed by atoms with Gasteiger partial charge in [0.25, 0.3) is 5.56 Å². The van der Waals surface area contributed by atoms with E-state index in [1.54, 1.807) is 0 Å². The van der Waals surface area contributed by atoms with Crippen molar-refractivity contribution < 1.29 is 18.0 Å². The maximum atomic E-state index is 13.2. The standard InChI is InChI=1S/C21H18ClF3N2O2/c1-12-4-3-5-15-13(2)10-19(29)27(20(12)15)9-8-18(28)26-17-11-14(22)6-7-16(17)21(23,24)25/h3-7,10-11H,8-9H2,1-2H3,(H,26,28). The van der Waals surface area contributed by atoms with Crippen molar-refractivity contribution >= 4 is 34.1 Å². The monoisotopic (exact) mass is 422 g/mol. The molecular formula is C21H18ClF3N2O2. The van der Waals surface area contributed by atoms with E-state index in [0.29, 0.717) is 5.52 Å². The van der Waals surface area contributed by atoms with E-state index in [1.165, 1.54) is 10.6 Å². The quantitative estimate of drug-likeness (QED) is 0.618. The zero-order valence-corrected chi connectivity index (χ0v) is 16.5. The van der Waals surface area contributed by atoms with Gasteiger partial charge >= 0.3 is 6.18 Å². The summed E-state index contributed by atoms with van der Waals surface area (Å²) in [6.07, 6.45) is -4.80. The van der Waals surface area contributed by atoms with Crippen molar-refractivity contribution in [3.63, 3.8) is 0 Å². The molecule has 0 saturated carbocycles. The molecule has 4 nitrogen and oxygen atoms in total. The average molecular weight is 423 g/mol. The molecule has 1 aromatic heterocycles. The van der Waals surface area contributed by atoms with Crippen molar-refractivity contribution in [3.05, 3.63) is 74.5 Å². The summed E-state index contributed by atoms with van der Waals surface area (Å²) >= 11 is 5.78. The number of aromatic nitrogens is 1. The molecule has 152 valence electrons. The third-order valence-corrected chi connectivity index (χ3v) is 4.90. The number of aryl methyl sites for hydroxylation is 3. The summed E-state index contributed by atoms with van der Waals surface area (Å²) in [4.78, 5) is 24.8. The molecule has 0 unspecified atom stereocenters. The van der Waals surface area contributed by atoms with Crippen molar-refractivity contribution in [2.45, 2.75) is 33.0 Å². The predicted molar refractivity (Wildman–Crippen MR) is 107 cm³/mol. The molecule has 1 heterocycles. The van der Waals surface area contributed by atoms with Crippen LogP contribution in [0.3, 0.4) is 0 Å². The van der Waals surface area contributed by atoms with Crippen LogP contribution in [0.5, 0.6) is 0 Å². The maximum absolute atomic E-state index is 13.2. The summed E-state index contributed by atoms with van der Waals surface area (Å²) < 4.78 is 40.9. The number of alkyl halides is 3. The van der Waals surface area contributed by atoms with Gasteiger partial charge in [0, 0.05) is 29.4 Å². The van der Waals surface area contributed by atoms with E-state index in [-0.39, 0.29) is 23.5 Å². The van der Waals surface area contributed by atoms with E-state index in [2.05, 4.69) is 5.32 Å². The topological polar surface area (TPSA) is 51.1 Å². The summed E-state index contributed by atoms with van der Waals surface area (Å²) in [5.74, 6) is -0.646. The Hall–Kier alpha value is -2.80. The lowest BCUT2D eigenvalue weighted by Crippen LogP contribution is -2.24. The highest BCUT2D eigenvalue weighted by Gasteiger charge is 2.34. The predicted octanol–water partition coefficient (Wildman–Crippen LogP) is 5.32. The number of rotatable bonds is 4. The molecular weight excluding hydrogens is 405 g/mol. The highest BCUT2D eigenvalue weighted by Crippen LogP contribution is 2.36. The lowest BCUT2D eigenvalue weighted by atomic mass is 10.1. The third-order valence-electron chi connectivity index (χ3n) is 4.66. The molecule has 0 bridgehead atoms. The van der Waals surface area contributed by atoms with E-state index in [9.17, 15) is 22.8 Å². The molecule has 3 rings (SSSR count). The number of carbonyl (C=O) groups excluding carboxylic acids is 1. The lowest BCUT2D eigenvalue weighted by molar-refractivity contribution is -0.137. The SMILES string of the molecule is Cc1cc(=O)n(CCC(=O)Nc2cc(Cl)ccc2C(F)(F)F)c2c(C)cccc12. The number of amides is 1. The molecule has 1 N–H and O–H groups in total. The molecule has 0 aliphatic rings. The van der Waals surface area contributed by atoms with Crippen LogP contribution in [0.25, 0.3) is 10.9 Å². The highest BCUT2D eigenvalue weighted by atomic mass is 35.5. The zero-order chi connectivity index (χ0) is 21.3. The number of carbonyl (C=O) groups is 1. The lowest BCUT2D eigenvalue weighted by Gasteiger charge is -2.16. The zero-order valence-electron chi connectivity index (χ0n) is 15.7. The number of pyridine rings is 1. The molecule has 2 aromatic carbocycles. The Morgan fingerprint density at radius 2 is 1.83 bits per heavy atom. The fourth-order valence-corrected chi connectivity index (χ4v) is 3.47. The minimum atomic E-state index is -4.63. The second kappa shape index (κ2) is 7.91. The van der Waals surface area contributed by atoms with E-state index in [0.717, 1.165) is 34.7 Å². The first-order valence-electron chi connectivity index (χ1n) is 8.84. The summed E-state index contributed by atoms with van der Waals surface area (Å²) in [6.45, 7) is 3.73. The summed E-state index contributed by atoms with van der Waals surface area (Å²) in [5.41, 5.74) is 0.747. The van der Waals surface area contributed by atoms with Crippen LogP contribution in [0.1, 0.15) is 23.1 Å². The second-order valence-corrected chi connectivity index (χ2v) is 7.21. The molecule has 0 spiro atoms. The fraction of sp³-hybridized carbons (Fsp3) is 0.238. The Morgan fingerprint density at radius 3 is 2.52 bits per heavy atom. The van der Waals surface area contributed by atoms with Crippen molar-refractivity contribution in [2.75, 3.05) is 5.32 Å². The van der Waals surface area contributed by atoms with Gasteiger partial charge in [0.05, 0.1) is 16.8 Å². The smallest absolute Gasteiger partial charge is 0.325 e. The van der Waals surface area contributed by atoms with Gasteiger partial charge in [0.1, 0.15) is 0 Å². The molecule has 0 radical (unpaired) electrons. The van der Waals surface area contributed by atoms with Crippen LogP contribution in [-0.4, -0.2) is 10.5 Å². The Bertz CT molecular complexity index is 1150. The summed E-state index contributed by atoms with van der Waals surface area (Å²) in [7, 11) is 0. The minimum absolute atomic E-state index is 0.0359. The largest absolute Gasteiger partial charge is 0.418 e. The van der Waals surface area contributed by atoms with Gasteiger partial charge in [-0.05, 0) is 43.2 Å². The van der Waals surface area contributed by atoms with Gasteiger partial charge in [-0.2, -0.15) is 13.2 Å². The Labute approximate surface area is 169 Å². The number of benzene rings is 2. The Balaban J connectivity index is 1.87. The van der Waals surface area contributed by atoms with Crippen molar-refractivity contribution in [2.24, 2.45) is 0 Å². The molecule has 0 saturated heterocycles. The van der Waals surface area contributed by atoms with Gasteiger partial charge in [-0.3, -0.25) is 9.59 Å². The summed E-state index contributed by atoms with van der Waals surface area (Å²) in [6, 6.07) is 10.1. The molecule has 0 aliphatic carbocycles. The Kier molecular flexibility index (Phi) is 5.71. The highest BCUT2D eigenvalue weighted by molar-refractivity contribution is 6.31. The number of fused-ring (bicyclic) bond motifs is 1. The van der Waals surface area contributed by atoms with Crippen LogP contribution in [0.2, 0.25) is 5.02 Å². The first-order valence-corrected chi connectivity index (χ1v) is 9.22. The number of hydrogen-bond acceptors (Lipinski definition) is 2. The molecule has 1 amide bonds. The van der Waals surface area contributed by atoms with Crippen LogP contribution in [0, 0.1) is 13.8 Å². The first kappa shape index (κ1) is 20.9. The van der Waals surface area contributed by atoms with Crippen LogP contribution in [0.15, 0.2) is 47.3 Å². The molecule has 3 aromatic rings. The first-order chi connectivity index (χ1) is 13.6. The van der Waals surface area contributed by atoms with Gasteiger partial charge in [0.15, 0.2) is 0 Å². The van der Waals surface area contributed by atoms with E-state index in [1.807, 2.05) is 32.0 Å². The van der Waals surface area contributed by atoms with Crippen molar-refractivity contribution in [1.82, 2.24) is 4.57 Å². The number of anilines is 1. The molecule has 0 atom stereocenters. The number of hydrogen-bond donors (Lipinski definition) is 1. The van der Waals surface area contributed by atoms with Crippen LogP contribution < -0.4 is 10.9 Å². The normalized spacial score (nSPS) is 11.7. The molecule has 8 heteroatoms.